The minimum absolute atomic E-state index is 0.125. The molecule has 0 bridgehead atoms. The van der Waals surface area contributed by atoms with E-state index in [-0.39, 0.29) is 24.7 Å². The van der Waals surface area contributed by atoms with Gasteiger partial charge in [0.05, 0.1) is 12.1 Å². The number of anilines is 1. The van der Waals surface area contributed by atoms with Gasteiger partial charge in [-0.15, -0.1) is 11.3 Å². The van der Waals surface area contributed by atoms with E-state index in [1.54, 1.807) is 11.3 Å². The van der Waals surface area contributed by atoms with Gasteiger partial charge in [0.25, 0.3) is 0 Å². The third kappa shape index (κ3) is 5.03. The molecule has 0 saturated heterocycles. The third-order valence-electron chi connectivity index (χ3n) is 7.28. The van der Waals surface area contributed by atoms with E-state index in [4.69, 9.17) is 0 Å². The van der Waals surface area contributed by atoms with Gasteiger partial charge in [-0.05, 0) is 58.7 Å². The molecule has 38 heavy (non-hydrogen) atoms. The molecule has 3 amide bonds. The summed E-state index contributed by atoms with van der Waals surface area (Å²) in [5.41, 5.74) is 3.32. The van der Waals surface area contributed by atoms with E-state index in [9.17, 15) is 24.3 Å². The molecule has 198 valence electrons. The normalized spacial score (nSPS) is 19.2. The molecular formula is C29H31N3O5S. The summed E-state index contributed by atoms with van der Waals surface area (Å²) in [6.07, 6.45) is 1.70. The van der Waals surface area contributed by atoms with Crippen molar-refractivity contribution in [1.29, 1.82) is 0 Å². The van der Waals surface area contributed by atoms with Gasteiger partial charge in [-0.25, -0.2) is 4.79 Å². The fourth-order valence-corrected chi connectivity index (χ4v) is 6.49. The molecule has 0 fully saturated rings. The summed E-state index contributed by atoms with van der Waals surface area (Å²) in [6, 6.07) is 10.8. The lowest BCUT2D eigenvalue weighted by Crippen LogP contribution is -2.56. The minimum atomic E-state index is -1.07. The van der Waals surface area contributed by atoms with Gasteiger partial charge in [0.15, 0.2) is 0 Å². The highest BCUT2D eigenvalue weighted by atomic mass is 32.1. The summed E-state index contributed by atoms with van der Waals surface area (Å²) in [6.45, 7) is 3.94. The maximum absolute atomic E-state index is 13.6. The first kappa shape index (κ1) is 25.9. The predicted octanol–water partition coefficient (Wildman–Crippen LogP) is 3.45. The van der Waals surface area contributed by atoms with Gasteiger partial charge in [0.1, 0.15) is 18.1 Å². The van der Waals surface area contributed by atoms with E-state index in [2.05, 4.69) is 10.6 Å². The summed E-state index contributed by atoms with van der Waals surface area (Å²) >= 11 is 1.58. The van der Waals surface area contributed by atoms with E-state index in [0.29, 0.717) is 24.9 Å². The average Bonchev–Trinajstić information content (AvgIpc) is 3.44. The molecule has 0 aliphatic carbocycles. The first-order chi connectivity index (χ1) is 18.2. The summed E-state index contributed by atoms with van der Waals surface area (Å²) in [7, 11) is 0. The van der Waals surface area contributed by atoms with Crippen LogP contribution in [0.5, 0.6) is 0 Å². The van der Waals surface area contributed by atoms with Crippen LogP contribution in [0.15, 0.2) is 47.8 Å². The van der Waals surface area contributed by atoms with Crippen LogP contribution in [0.3, 0.4) is 0 Å². The second kappa shape index (κ2) is 10.6. The van der Waals surface area contributed by atoms with Crippen molar-refractivity contribution in [2.75, 3.05) is 4.90 Å². The molecule has 2 aliphatic rings. The fraction of sp³-hybridized carbons (Fsp3) is 0.379. The first-order valence-electron chi connectivity index (χ1n) is 12.9. The molecule has 0 saturated carbocycles. The highest BCUT2D eigenvalue weighted by Crippen LogP contribution is 2.39. The Balaban J connectivity index is 1.32. The molecule has 0 unspecified atom stereocenters. The number of carbonyl (C=O) groups is 4. The number of nitrogens with one attached hydrogen (secondary N) is 2. The third-order valence-corrected chi connectivity index (χ3v) is 8.29. The van der Waals surface area contributed by atoms with Crippen LogP contribution in [0.1, 0.15) is 43.4 Å². The van der Waals surface area contributed by atoms with Crippen LogP contribution in [0.2, 0.25) is 0 Å². The van der Waals surface area contributed by atoms with Gasteiger partial charge >= 0.3 is 5.97 Å². The number of carbonyl (C=O) groups excluding carboxylic acids is 3. The van der Waals surface area contributed by atoms with Gasteiger partial charge in [0.2, 0.25) is 17.7 Å². The van der Waals surface area contributed by atoms with E-state index >= 15 is 0 Å². The number of para-hydroxylation sites is 1. The van der Waals surface area contributed by atoms with E-state index in [0.717, 1.165) is 26.8 Å². The van der Waals surface area contributed by atoms with Crippen LogP contribution < -0.4 is 15.5 Å². The van der Waals surface area contributed by atoms with Crippen LogP contribution >= 0.6 is 11.3 Å². The van der Waals surface area contributed by atoms with Crippen LogP contribution in [0.4, 0.5) is 5.69 Å². The number of hydrogen-bond donors (Lipinski definition) is 3. The van der Waals surface area contributed by atoms with Crippen LogP contribution in [-0.4, -0.2) is 46.9 Å². The van der Waals surface area contributed by atoms with Crippen molar-refractivity contribution >= 4 is 50.8 Å². The molecule has 2 aromatic carbocycles. The first-order valence-corrected chi connectivity index (χ1v) is 13.8. The monoisotopic (exact) mass is 533 g/mol. The molecule has 0 radical (unpaired) electrons. The molecule has 3 N–H and O–H groups in total. The highest BCUT2D eigenvalue weighted by molar-refractivity contribution is 7.17. The number of carboxylic acids is 1. The maximum Gasteiger partial charge on any atom is 0.327 e. The molecule has 1 aromatic heterocycles. The molecule has 2 aliphatic heterocycles. The Kier molecular flexibility index (Phi) is 7.21. The summed E-state index contributed by atoms with van der Waals surface area (Å²) in [5.74, 6) is -2.06. The lowest BCUT2D eigenvalue weighted by atomic mass is 10.00. The number of amides is 3. The fourth-order valence-electron chi connectivity index (χ4n) is 5.53. The smallest absolute Gasteiger partial charge is 0.327 e. The number of fused-ring (bicyclic) bond motifs is 1. The van der Waals surface area contributed by atoms with Gasteiger partial charge in [0, 0.05) is 11.1 Å². The van der Waals surface area contributed by atoms with E-state index in [1.807, 2.05) is 61.7 Å². The van der Waals surface area contributed by atoms with Crippen molar-refractivity contribution in [3.8, 4) is 0 Å². The summed E-state index contributed by atoms with van der Waals surface area (Å²) in [5, 5.41) is 18.5. The number of benzene rings is 2. The van der Waals surface area contributed by atoms with E-state index < -0.39 is 35.9 Å². The Labute approximate surface area is 225 Å². The zero-order valence-electron chi connectivity index (χ0n) is 21.4. The number of hydrogen-bond acceptors (Lipinski definition) is 5. The predicted molar refractivity (Wildman–Crippen MR) is 146 cm³/mol. The molecule has 8 nitrogen and oxygen atoms in total. The Morgan fingerprint density at radius 3 is 2.63 bits per heavy atom. The Bertz CT molecular complexity index is 1410. The molecular weight excluding hydrogens is 502 g/mol. The molecule has 0 spiro atoms. The largest absolute Gasteiger partial charge is 0.480 e. The van der Waals surface area contributed by atoms with Crippen molar-refractivity contribution in [2.24, 2.45) is 5.92 Å². The Morgan fingerprint density at radius 2 is 1.87 bits per heavy atom. The van der Waals surface area contributed by atoms with Crippen molar-refractivity contribution < 1.29 is 24.3 Å². The number of aryl methyl sites for hydroxylation is 1. The molecule has 5 rings (SSSR count). The van der Waals surface area contributed by atoms with E-state index in [1.165, 1.54) is 4.90 Å². The van der Waals surface area contributed by atoms with Crippen molar-refractivity contribution in [1.82, 2.24) is 10.6 Å². The zero-order valence-corrected chi connectivity index (χ0v) is 22.2. The maximum atomic E-state index is 13.6. The second-order valence-corrected chi connectivity index (χ2v) is 11.4. The Morgan fingerprint density at radius 1 is 1.11 bits per heavy atom. The number of carboxylic acid groups (broad SMARTS) is 1. The topological polar surface area (TPSA) is 116 Å². The van der Waals surface area contributed by atoms with Crippen molar-refractivity contribution in [3.63, 3.8) is 0 Å². The number of nitrogens with zero attached hydrogens (tertiary/aromatic N) is 1. The van der Waals surface area contributed by atoms with Gasteiger partial charge in [-0.2, -0.15) is 0 Å². The van der Waals surface area contributed by atoms with Crippen molar-refractivity contribution in [3.05, 3.63) is 64.5 Å². The quantitative estimate of drug-likeness (QED) is 0.410. The van der Waals surface area contributed by atoms with Gasteiger partial charge in [-0.3, -0.25) is 19.3 Å². The van der Waals surface area contributed by atoms with Crippen LogP contribution in [0, 0.1) is 5.92 Å². The lowest BCUT2D eigenvalue weighted by molar-refractivity contribution is -0.140. The standard InChI is InChI=1S/C29H31N3O5S/c1-16(2)12-22(30-25(33)14-19-15-38-24-9-4-3-8-20(19)24)27(34)31-21-11-10-17-6-5-7-18-13-23(29(36)37)32(26(17)18)28(21)35/h3-9,15-16,21-23H,10-14H2,1-2H3,(H,30,33)(H,31,34)(H,36,37)/t21-,22-,23-/m0/s1. The SMILES string of the molecule is CC(C)C[C@H](NC(=O)Cc1csc2ccccc12)C(=O)N[C@H]1CCc2cccc3c2N(C1=O)[C@H](C(=O)O)C3. The summed E-state index contributed by atoms with van der Waals surface area (Å²) < 4.78 is 1.10. The average molecular weight is 534 g/mol. The molecule has 3 aromatic rings. The van der Waals surface area contributed by atoms with Gasteiger partial charge in [-0.1, -0.05) is 50.2 Å². The Hall–Kier alpha value is -3.72. The molecule has 9 heteroatoms. The molecule has 3 atom stereocenters. The summed E-state index contributed by atoms with van der Waals surface area (Å²) in [4.78, 5) is 53.4. The second-order valence-electron chi connectivity index (χ2n) is 10.5. The number of aliphatic carboxylic acids is 1. The lowest BCUT2D eigenvalue weighted by Gasteiger charge is -2.28. The number of thiophene rings is 1. The molecule has 3 heterocycles. The highest BCUT2D eigenvalue weighted by Gasteiger charge is 2.44. The van der Waals surface area contributed by atoms with Crippen LogP contribution in [-0.2, 0) is 38.4 Å². The minimum Gasteiger partial charge on any atom is -0.480 e. The van der Waals surface area contributed by atoms with Gasteiger partial charge < -0.3 is 15.7 Å². The zero-order chi connectivity index (χ0) is 27.0. The van der Waals surface area contributed by atoms with Crippen molar-refractivity contribution in [2.45, 2.75) is 64.1 Å². The van der Waals surface area contributed by atoms with Crippen LogP contribution in [0.25, 0.3) is 10.1 Å². The number of rotatable bonds is 8.